The van der Waals surface area contributed by atoms with Crippen molar-refractivity contribution < 1.29 is 14.6 Å². The number of carboxylic acid groups (broad SMARTS) is 1. The molecule has 3 heterocycles. The largest absolute Gasteiger partial charge is 0.476 e. The van der Waals surface area contributed by atoms with Gasteiger partial charge in [0.25, 0.3) is 0 Å². The van der Waals surface area contributed by atoms with Crippen LogP contribution >= 0.6 is 11.6 Å². The van der Waals surface area contributed by atoms with E-state index < -0.39 is 5.97 Å². The highest BCUT2D eigenvalue weighted by Crippen LogP contribution is 2.28. The van der Waals surface area contributed by atoms with Crippen molar-refractivity contribution >= 4 is 28.6 Å². The number of carboxylic acids is 1. The lowest BCUT2D eigenvalue weighted by Gasteiger charge is -2.22. The Labute approximate surface area is 113 Å². The molecule has 100 valence electrons. The quantitative estimate of drug-likeness (QED) is 0.856. The average Bonchev–Trinajstić information content (AvgIpc) is 2.78. The van der Waals surface area contributed by atoms with E-state index in [1.807, 2.05) is 0 Å². The van der Waals surface area contributed by atoms with Crippen molar-refractivity contribution in [2.24, 2.45) is 0 Å². The number of carbonyl (C=O) groups is 1. The molecule has 2 aromatic rings. The zero-order chi connectivity index (χ0) is 13.4. The first-order valence-corrected chi connectivity index (χ1v) is 6.44. The van der Waals surface area contributed by atoms with E-state index in [4.69, 9.17) is 16.3 Å². The molecular weight excluding hydrogens is 270 g/mol. The number of ether oxygens (including phenoxy) is 1. The molecule has 0 saturated carbocycles. The predicted molar refractivity (Wildman–Crippen MR) is 68.3 cm³/mol. The Hall–Kier alpha value is -1.66. The van der Waals surface area contributed by atoms with Crippen molar-refractivity contribution in [2.75, 3.05) is 6.61 Å². The molecule has 0 bridgehead atoms. The Bertz CT molecular complexity index is 634. The summed E-state index contributed by atoms with van der Waals surface area (Å²) in [5.74, 6) is -1.08. The second kappa shape index (κ2) is 4.79. The van der Waals surface area contributed by atoms with Crippen LogP contribution in [0.2, 0.25) is 5.15 Å². The van der Waals surface area contributed by atoms with Gasteiger partial charge in [-0.15, -0.1) is 0 Å². The Morgan fingerprint density at radius 2 is 2.32 bits per heavy atom. The third kappa shape index (κ3) is 2.17. The molecule has 1 unspecified atom stereocenters. The Morgan fingerprint density at radius 3 is 3.00 bits per heavy atom. The molecular formula is C12H12ClN3O3. The SMILES string of the molecule is O=C(O)c1nn(C2CCCCO2)c2nc(Cl)ccc12. The summed E-state index contributed by atoms with van der Waals surface area (Å²) in [5, 5.41) is 14.1. The van der Waals surface area contributed by atoms with Crippen LogP contribution in [0.25, 0.3) is 11.0 Å². The van der Waals surface area contributed by atoms with Crippen LogP contribution in [0, 0.1) is 0 Å². The second-order valence-electron chi connectivity index (χ2n) is 4.42. The van der Waals surface area contributed by atoms with Gasteiger partial charge in [0.1, 0.15) is 5.15 Å². The molecule has 0 radical (unpaired) electrons. The van der Waals surface area contributed by atoms with Crippen molar-refractivity contribution in [3.05, 3.63) is 23.0 Å². The van der Waals surface area contributed by atoms with Gasteiger partial charge in [-0.05, 0) is 31.4 Å². The summed E-state index contributed by atoms with van der Waals surface area (Å²) in [6.07, 6.45) is 2.56. The normalized spacial score (nSPS) is 19.7. The highest BCUT2D eigenvalue weighted by Gasteiger charge is 2.24. The zero-order valence-corrected chi connectivity index (χ0v) is 10.8. The van der Waals surface area contributed by atoms with Crippen LogP contribution < -0.4 is 0 Å². The summed E-state index contributed by atoms with van der Waals surface area (Å²) < 4.78 is 7.16. The van der Waals surface area contributed by atoms with Crippen molar-refractivity contribution in [3.63, 3.8) is 0 Å². The lowest BCUT2D eigenvalue weighted by molar-refractivity contribution is -0.0372. The Morgan fingerprint density at radius 1 is 1.47 bits per heavy atom. The lowest BCUT2D eigenvalue weighted by atomic mass is 10.2. The highest BCUT2D eigenvalue weighted by atomic mass is 35.5. The van der Waals surface area contributed by atoms with Gasteiger partial charge >= 0.3 is 5.97 Å². The lowest BCUT2D eigenvalue weighted by Crippen LogP contribution is -2.19. The van der Waals surface area contributed by atoms with Crippen LogP contribution in [0.3, 0.4) is 0 Å². The third-order valence-corrected chi connectivity index (χ3v) is 3.36. The molecule has 0 aliphatic carbocycles. The van der Waals surface area contributed by atoms with Gasteiger partial charge in [-0.2, -0.15) is 5.10 Å². The maximum atomic E-state index is 11.2. The molecule has 0 amide bonds. The molecule has 1 saturated heterocycles. The minimum absolute atomic E-state index is 0.0201. The van der Waals surface area contributed by atoms with E-state index in [1.54, 1.807) is 12.1 Å². The Kier molecular flexibility index (Phi) is 3.12. The molecule has 1 atom stereocenters. The molecule has 1 aliphatic heterocycles. The number of aromatic carboxylic acids is 1. The van der Waals surface area contributed by atoms with E-state index in [9.17, 15) is 9.90 Å². The van der Waals surface area contributed by atoms with Gasteiger partial charge in [-0.1, -0.05) is 11.6 Å². The summed E-state index contributed by atoms with van der Waals surface area (Å²) in [7, 11) is 0. The number of pyridine rings is 1. The second-order valence-corrected chi connectivity index (χ2v) is 4.81. The van der Waals surface area contributed by atoms with E-state index in [1.165, 1.54) is 4.68 Å². The summed E-state index contributed by atoms with van der Waals surface area (Å²) >= 11 is 5.88. The molecule has 0 aromatic carbocycles. The van der Waals surface area contributed by atoms with E-state index >= 15 is 0 Å². The summed E-state index contributed by atoms with van der Waals surface area (Å²) in [4.78, 5) is 15.4. The minimum atomic E-state index is -1.08. The number of aromatic nitrogens is 3. The Balaban J connectivity index is 2.17. The standard InChI is InChI=1S/C12H12ClN3O3/c13-8-5-4-7-10(12(17)18)15-16(11(7)14-8)9-3-1-2-6-19-9/h4-5,9H,1-3,6H2,(H,17,18). The summed E-state index contributed by atoms with van der Waals surface area (Å²) in [6, 6.07) is 3.19. The monoisotopic (exact) mass is 281 g/mol. The van der Waals surface area contributed by atoms with E-state index in [0.29, 0.717) is 22.8 Å². The number of rotatable bonds is 2. The van der Waals surface area contributed by atoms with Gasteiger partial charge < -0.3 is 9.84 Å². The fourth-order valence-electron chi connectivity index (χ4n) is 2.27. The fourth-order valence-corrected chi connectivity index (χ4v) is 2.41. The molecule has 7 heteroatoms. The first-order chi connectivity index (χ1) is 9.16. The molecule has 1 aliphatic rings. The predicted octanol–water partition coefficient (Wildman–Crippen LogP) is 2.48. The van der Waals surface area contributed by atoms with Crippen LogP contribution in [0.1, 0.15) is 36.0 Å². The number of nitrogens with zero attached hydrogens (tertiary/aromatic N) is 3. The fraction of sp³-hybridized carbons (Fsp3) is 0.417. The molecule has 1 N–H and O–H groups in total. The smallest absolute Gasteiger partial charge is 0.357 e. The van der Waals surface area contributed by atoms with Gasteiger partial charge in [0, 0.05) is 6.61 Å². The third-order valence-electron chi connectivity index (χ3n) is 3.15. The van der Waals surface area contributed by atoms with Gasteiger partial charge in [0.15, 0.2) is 17.6 Å². The average molecular weight is 282 g/mol. The molecule has 2 aromatic heterocycles. The van der Waals surface area contributed by atoms with Crippen molar-refractivity contribution in [1.29, 1.82) is 0 Å². The number of hydrogen-bond acceptors (Lipinski definition) is 4. The maximum absolute atomic E-state index is 11.2. The van der Waals surface area contributed by atoms with Gasteiger partial charge in [0.05, 0.1) is 5.39 Å². The summed E-state index contributed by atoms with van der Waals surface area (Å²) in [6.45, 7) is 0.648. The molecule has 3 rings (SSSR count). The van der Waals surface area contributed by atoms with Crippen molar-refractivity contribution in [2.45, 2.75) is 25.5 Å². The number of fused-ring (bicyclic) bond motifs is 1. The number of hydrogen-bond donors (Lipinski definition) is 1. The van der Waals surface area contributed by atoms with Gasteiger partial charge in [-0.3, -0.25) is 0 Å². The van der Waals surface area contributed by atoms with E-state index in [-0.39, 0.29) is 11.9 Å². The van der Waals surface area contributed by atoms with Crippen LogP contribution in [-0.4, -0.2) is 32.4 Å². The van der Waals surface area contributed by atoms with Gasteiger partial charge in [0.2, 0.25) is 0 Å². The van der Waals surface area contributed by atoms with Crippen LogP contribution in [-0.2, 0) is 4.74 Å². The van der Waals surface area contributed by atoms with Crippen LogP contribution in [0.15, 0.2) is 12.1 Å². The van der Waals surface area contributed by atoms with E-state index in [2.05, 4.69) is 10.1 Å². The first kappa shape index (κ1) is 12.4. The molecule has 6 nitrogen and oxygen atoms in total. The van der Waals surface area contributed by atoms with Gasteiger partial charge in [-0.25, -0.2) is 14.5 Å². The van der Waals surface area contributed by atoms with Crippen molar-refractivity contribution in [1.82, 2.24) is 14.8 Å². The molecule has 19 heavy (non-hydrogen) atoms. The van der Waals surface area contributed by atoms with Crippen LogP contribution in [0.4, 0.5) is 0 Å². The van der Waals surface area contributed by atoms with Crippen LogP contribution in [0.5, 0.6) is 0 Å². The maximum Gasteiger partial charge on any atom is 0.357 e. The molecule has 0 spiro atoms. The minimum Gasteiger partial charge on any atom is -0.476 e. The highest BCUT2D eigenvalue weighted by molar-refractivity contribution is 6.29. The van der Waals surface area contributed by atoms with Crippen molar-refractivity contribution in [3.8, 4) is 0 Å². The summed E-state index contributed by atoms with van der Waals surface area (Å²) in [5.41, 5.74) is 0.435. The van der Waals surface area contributed by atoms with E-state index in [0.717, 1.165) is 19.3 Å². The topological polar surface area (TPSA) is 77.2 Å². The molecule has 1 fully saturated rings. The number of halogens is 1. The zero-order valence-electron chi connectivity index (χ0n) is 10.0. The first-order valence-electron chi connectivity index (χ1n) is 6.06.